The maximum Gasteiger partial charge on any atom is 0.320 e. The van der Waals surface area contributed by atoms with Gasteiger partial charge in [-0.25, -0.2) is 0 Å². The average molecular weight is 251 g/mol. The Balaban J connectivity index is 0. The van der Waals surface area contributed by atoms with Gasteiger partial charge < -0.3 is 15.5 Å². The second-order valence-corrected chi connectivity index (χ2v) is 3.84. The molecule has 0 aliphatic carbocycles. The van der Waals surface area contributed by atoms with Crippen LogP contribution in [0.4, 0.5) is 4.70 Å². The summed E-state index contributed by atoms with van der Waals surface area (Å²) in [7, 11) is 0. The third kappa shape index (κ3) is 11.1. The third-order valence-corrected chi connectivity index (χ3v) is 2.37. The zero-order valence-electron chi connectivity index (χ0n) is 10.1. The third-order valence-electron chi connectivity index (χ3n) is 2.37. The van der Waals surface area contributed by atoms with Crippen molar-refractivity contribution in [2.24, 2.45) is 0 Å². The molecule has 0 bridgehead atoms. The van der Waals surface area contributed by atoms with Gasteiger partial charge in [-0.05, 0) is 19.4 Å². The minimum Gasteiger partial charge on any atom is -0.481 e. The molecule has 17 heavy (non-hydrogen) atoms. The van der Waals surface area contributed by atoms with Gasteiger partial charge in [-0.2, -0.15) is 0 Å². The zero-order chi connectivity index (χ0) is 12.4. The number of aliphatic carboxylic acids is 2. The Morgan fingerprint density at radius 2 is 1.82 bits per heavy atom. The summed E-state index contributed by atoms with van der Waals surface area (Å²) < 4.78 is 0. The summed E-state index contributed by atoms with van der Waals surface area (Å²) in [4.78, 5) is 21.1. The lowest BCUT2D eigenvalue weighted by molar-refractivity contribution is -0.140. The van der Waals surface area contributed by atoms with Crippen LogP contribution in [0.15, 0.2) is 0 Å². The molecule has 0 fully saturated rings. The molecule has 0 amide bonds. The molecule has 0 rings (SSSR count). The first-order valence-corrected chi connectivity index (χ1v) is 5.76. The van der Waals surface area contributed by atoms with E-state index in [9.17, 15) is 9.59 Å². The molecule has 1 unspecified atom stereocenters. The quantitative estimate of drug-likeness (QED) is 0.514. The highest BCUT2D eigenvalue weighted by molar-refractivity contribution is 5.75. The van der Waals surface area contributed by atoms with E-state index in [1.165, 1.54) is 0 Å². The van der Waals surface area contributed by atoms with Crippen LogP contribution in [0, 0.1) is 0 Å². The highest BCUT2D eigenvalue weighted by Gasteiger charge is 2.17. The summed E-state index contributed by atoms with van der Waals surface area (Å²) in [5, 5.41) is 20.2. The summed E-state index contributed by atoms with van der Waals surface area (Å²) in [5.41, 5.74) is 0. The molecule has 1 atom stereocenters. The Labute approximate surface area is 101 Å². The summed E-state index contributed by atoms with van der Waals surface area (Å²) >= 11 is 0. The van der Waals surface area contributed by atoms with Crippen molar-refractivity contribution in [3.05, 3.63) is 0 Å². The molecular weight excluding hydrogens is 229 g/mol. The predicted octanol–water partition coefficient (Wildman–Crippen LogP) is 1.63. The number of halogens is 1. The molecule has 0 aromatic rings. The van der Waals surface area contributed by atoms with Crippen LogP contribution in [0.1, 0.15) is 45.4 Å². The van der Waals surface area contributed by atoms with Crippen LogP contribution < -0.4 is 5.32 Å². The van der Waals surface area contributed by atoms with Crippen LogP contribution in [0.5, 0.6) is 0 Å². The van der Waals surface area contributed by atoms with Crippen LogP contribution in [-0.4, -0.2) is 34.7 Å². The number of rotatable bonds is 10. The minimum absolute atomic E-state index is 0. The fourth-order valence-electron chi connectivity index (χ4n) is 1.41. The van der Waals surface area contributed by atoms with Gasteiger partial charge in [-0.15, -0.1) is 0 Å². The van der Waals surface area contributed by atoms with E-state index in [4.69, 9.17) is 10.2 Å². The molecule has 0 radical (unpaired) electrons. The number of unbranched alkanes of at least 4 members (excludes halogenated alkanes) is 3. The van der Waals surface area contributed by atoms with Crippen molar-refractivity contribution in [1.82, 2.24) is 5.32 Å². The van der Waals surface area contributed by atoms with Crippen molar-refractivity contribution in [3.8, 4) is 0 Å². The maximum atomic E-state index is 10.8. The van der Waals surface area contributed by atoms with E-state index in [1.54, 1.807) is 0 Å². The monoisotopic (exact) mass is 251 g/mol. The second-order valence-electron chi connectivity index (χ2n) is 3.84. The molecule has 6 heteroatoms. The number of carboxylic acids is 2. The molecule has 0 saturated heterocycles. The Kier molecular flexibility index (Phi) is 12.1. The van der Waals surface area contributed by atoms with E-state index in [1.807, 2.05) is 0 Å². The standard InChI is InChI=1S/C11H21NO4.FH/c1-2-3-4-5-8-12-9(11(15)16)6-7-10(13)14;/h9,12H,2-8H2,1H3,(H,13,14)(H,15,16);1H. The lowest BCUT2D eigenvalue weighted by Crippen LogP contribution is -2.37. The highest BCUT2D eigenvalue weighted by Crippen LogP contribution is 2.01. The van der Waals surface area contributed by atoms with Crippen molar-refractivity contribution in [2.75, 3.05) is 6.54 Å². The highest BCUT2D eigenvalue weighted by atomic mass is 19.0. The molecule has 0 aromatic heterocycles. The van der Waals surface area contributed by atoms with Gasteiger partial charge in [0.25, 0.3) is 0 Å². The van der Waals surface area contributed by atoms with Gasteiger partial charge in [0, 0.05) is 6.42 Å². The van der Waals surface area contributed by atoms with Gasteiger partial charge in [0.2, 0.25) is 0 Å². The molecule has 0 saturated carbocycles. The van der Waals surface area contributed by atoms with Crippen LogP contribution >= 0.6 is 0 Å². The number of nitrogens with one attached hydrogen (secondary N) is 1. The first kappa shape index (κ1) is 18.2. The van der Waals surface area contributed by atoms with E-state index >= 15 is 0 Å². The fraction of sp³-hybridized carbons (Fsp3) is 0.818. The Morgan fingerprint density at radius 1 is 1.18 bits per heavy atom. The Bertz CT molecular complexity index is 224. The second kappa shape index (κ2) is 11.3. The topological polar surface area (TPSA) is 86.6 Å². The molecule has 0 aromatic carbocycles. The van der Waals surface area contributed by atoms with Crippen LogP contribution in [0.3, 0.4) is 0 Å². The van der Waals surface area contributed by atoms with Crippen molar-refractivity contribution in [2.45, 2.75) is 51.5 Å². The smallest absolute Gasteiger partial charge is 0.320 e. The molecular formula is C11H22FNO4. The van der Waals surface area contributed by atoms with E-state index < -0.39 is 18.0 Å². The van der Waals surface area contributed by atoms with E-state index in [0.29, 0.717) is 6.54 Å². The van der Waals surface area contributed by atoms with Gasteiger partial charge in [0.15, 0.2) is 0 Å². The zero-order valence-corrected chi connectivity index (χ0v) is 10.1. The van der Waals surface area contributed by atoms with Crippen molar-refractivity contribution < 1.29 is 24.5 Å². The molecule has 5 nitrogen and oxygen atoms in total. The lowest BCUT2D eigenvalue weighted by atomic mass is 10.1. The van der Waals surface area contributed by atoms with Crippen molar-refractivity contribution >= 4 is 11.9 Å². The van der Waals surface area contributed by atoms with Crippen LogP contribution in [-0.2, 0) is 9.59 Å². The number of carboxylic acid groups (broad SMARTS) is 2. The van der Waals surface area contributed by atoms with Gasteiger partial charge in [-0.1, -0.05) is 26.2 Å². The van der Waals surface area contributed by atoms with E-state index in [0.717, 1.165) is 25.7 Å². The number of hydrogen-bond acceptors (Lipinski definition) is 3. The van der Waals surface area contributed by atoms with Gasteiger partial charge in [0.1, 0.15) is 6.04 Å². The summed E-state index contributed by atoms with van der Waals surface area (Å²) in [6.45, 7) is 2.75. The molecule has 3 N–H and O–H groups in total. The Morgan fingerprint density at radius 3 is 2.29 bits per heavy atom. The molecule has 0 aliphatic heterocycles. The first-order chi connectivity index (χ1) is 7.57. The largest absolute Gasteiger partial charge is 0.481 e. The van der Waals surface area contributed by atoms with E-state index in [2.05, 4.69) is 12.2 Å². The molecule has 102 valence electrons. The van der Waals surface area contributed by atoms with Crippen LogP contribution in [0.25, 0.3) is 0 Å². The summed E-state index contributed by atoms with van der Waals surface area (Å²) in [6.07, 6.45) is 4.33. The molecule has 0 aliphatic rings. The first-order valence-electron chi connectivity index (χ1n) is 5.76. The number of carbonyl (C=O) groups is 2. The SMILES string of the molecule is CCCCCCNC(CCC(=O)O)C(=O)O.F. The summed E-state index contributed by atoms with van der Waals surface area (Å²) in [6, 6.07) is -0.738. The normalized spacial score (nSPS) is 11.6. The average Bonchev–Trinajstić information content (AvgIpc) is 2.21. The number of hydrogen-bond donors (Lipinski definition) is 3. The van der Waals surface area contributed by atoms with E-state index in [-0.39, 0.29) is 17.5 Å². The summed E-state index contributed by atoms with van der Waals surface area (Å²) in [5.74, 6) is -1.93. The Hall–Kier alpha value is -1.17. The van der Waals surface area contributed by atoms with Crippen LogP contribution in [0.2, 0.25) is 0 Å². The predicted molar refractivity (Wildman–Crippen MR) is 62.9 cm³/mol. The minimum atomic E-state index is -0.975. The van der Waals surface area contributed by atoms with Crippen molar-refractivity contribution in [3.63, 3.8) is 0 Å². The van der Waals surface area contributed by atoms with Gasteiger partial charge in [-0.3, -0.25) is 14.3 Å². The molecule has 0 heterocycles. The fourth-order valence-corrected chi connectivity index (χ4v) is 1.41. The molecule has 0 spiro atoms. The van der Waals surface area contributed by atoms with Crippen molar-refractivity contribution in [1.29, 1.82) is 0 Å². The van der Waals surface area contributed by atoms with Gasteiger partial charge in [0.05, 0.1) is 0 Å². The maximum absolute atomic E-state index is 10.8. The van der Waals surface area contributed by atoms with Gasteiger partial charge >= 0.3 is 11.9 Å². The lowest BCUT2D eigenvalue weighted by Gasteiger charge is -2.12.